The van der Waals surface area contributed by atoms with Gasteiger partial charge in [0.25, 0.3) is 0 Å². The van der Waals surface area contributed by atoms with Crippen molar-refractivity contribution in [1.29, 1.82) is 0 Å². The third-order valence-corrected chi connectivity index (χ3v) is 2.46. The molecule has 96 valence electrons. The first-order valence-corrected chi connectivity index (χ1v) is 5.81. The van der Waals surface area contributed by atoms with Crippen LogP contribution in [0.25, 0.3) is 11.0 Å². The van der Waals surface area contributed by atoms with E-state index < -0.39 is 0 Å². The molecule has 19 heavy (non-hydrogen) atoms. The summed E-state index contributed by atoms with van der Waals surface area (Å²) >= 11 is 0. The topological polar surface area (TPSA) is 72.0 Å². The molecule has 0 aliphatic carbocycles. The number of carbonyl (C=O) groups excluding carboxylic acids is 2. The summed E-state index contributed by atoms with van der Waals surface area (Å²) in [7, 11) is 0. The fourth-order valence-corrected chi connectivity index (χ4v) is 1.62. The van der Waals surface area contributed by atoms with E-state index in [0.717, 1.165) is 11.7 Å². The van der Waals surface area contributed by atoms with Crippen LogP contribution in [0.15, 0.2) is 18.5 Å². The molecule has 0 fully saturated rings. The second-order valence-corrected chi connectivity index (χ2v) is 3.77. The van der Waals surface area contributed by atoms with Crippen LogP contribution in [0.2, 0.25) is 0 Å². The number of aromatic amines is 1. The van der Waals surface area contributed by atoms with Crippen molar-refractivity contribution in [3.8, 4) is 11.8 Å². The maximum Gasteiger partial charge on any atom is 0.317 e. The van der Waals surface area contributed by atoms with Crippen LogP contribution in [0.5, 0.6) is 0 Å². The quantitative estimate of drug-likeness (QED) is 0.515. The van der Waals surface area contributed by atoms with E-state index in [-0.39, 0.29) is 12.4 Å². The van der Waals surface area contributed by atoms with Crippen molar-refractivity contribution < 1.29 is 14.3 Å². The Morgan fingerprint density at radius 3 is 3.16 bits per heavy atom. The van der Waals surface area contributed by atoms with Gasteiger partial charge >= 0.3 is 5.97 Å². The number of rotatable bonds is 3. The largest absolute Gasteiger partial charge is 0.465 e. The molecule has 0 radical (unpaired) electrons. The Hall–Kier alpha value is -2.61. The SMILES string of the molecule is CCOC(=O)CC#Cc1cnc2[nH]cc(C=O)c2c1. The van der Waals surface area contributed by atoms with Crippen LogP contribution in [-0.2, 0) is 9.53 Å². The highest BCUT2D eigenvalue weighted by Gasteiger charge is 2.04. The number of nitrogens with zero attached hydrogens (tertiary/aromatic N) is 1. The fourth-order valence-electron chi connectivity index (χ4n) is 1.62. The molecule has 0 bridgehead atoms. The molecule has 2 aromatic heterocycles. The van der Waals surface area contributed by atoms with Gasteiger partial charge in [-0.3, -0.25) is 9.59 Å². The molecular formula is C14H12N2O3. The standard InChI is InChI=1S/C14H12N2O3/c1-2-19-13(18)5-3-4-10-6-12-11(9-17)8-16-14(12)15-7-10/h6-9H,2,5H2,1H3,(H,15,16). The van der Waals surface area contributed by atoms with Crippen LogP contribution in [-0.4, -0.2) is 28.8 Å². The number of hydrogen-bond donors (Lipinski definition) is 1. The van der Waals surface area contributed by atoms with Gasteiger partial charge in [-0.25, -0.2) is 4.98 Å². The lowest BCUT2D eigenvalue weighted by atomic mass is 10.2. The molecule has 2 aromatic rings. The van der Waals surface area contributed by atoms with Crippen LogP contribution in [0.4, 0.5) is 0 Å². The van der Waals surface area contributed by atoms with E-state index in [1.165, 1.54) is 0 Å². The second-order valence-electron chi connectivity index (χ2n) is 3.77. The van der Waals surface area contributed by atoms with E-state index in [1.54, 1.807) is 25.4 Å². The summed E-state index contributed by atoms with van der Waals surface area (Å²) in [6.07, 6.45) is 3.99. The van der Waals surface area contributed by atoms with Crippen molar-refractivity contribution >= 4 is 23.3 Å². The number of aromatic nitrogens is 2. The van der Waals surface area contributed by atoms with Gasteiger partial charge in [-0.15, -0.1) is 0 Å². The zero-order valence-corrected chi connectivity index (χ0v) is 10.4. The van der Waals surface area contributed by atoms with E-state index in [2.05, 4.69) is 21.8 Å². The number of H-pyrrole nitrogens is 1. The minimum atomic E-state index is -0.348. The number of nitrogens with one attached hydrogen (secondary N) is 1. The highest BCUT2D eigenvalue weighted by atomic mass is 16.5. The van der Waals surface area contributed by atoms with Crippen LogP contribution in [0.1, 0.15) is 29.3 Å². The molecule has 0 unspecified atom stereocenters. The number of hydrogen-bond acceptors (Lipinski definition) is 4. The Balaban J connectivity index is 2.19. The van der Waals surface area contributed by atoms with Crippen molar-refractivity contribution in [2.45, 2.75) is 13.3 Å². The Morgan fingerprint density at radius 1 is 1.58 bits per heavy atom. The molecule has 0 atom stereocenters. The fraction of sp³-hybridized carbons (Fsp3) is 0.214. The van der Waals surface area contributed by atoms with Gasteiger partial charge < -0.3 is 9.72 Å². The molecule has 0 saturated carbocycles. The minimum absolute atomic E-state index is 0.0412. The first-order valence-electron chi connectivity index (χ1n) is 5.81. The smallest absolute Gasteiger partial charge is 0.317 e. The zero-order chi connectivity index (χ0) is 13.7. The van der Waals surface area contributed by atoms with Gasteiger partial charge in [0.1, 0.15) is 12.1 Å². The summed E-state index contributed by atoms with van der Waals surface area (Å²) in [5.74, 6) is 5.19. The van der Waals surface area contributed by atoms with Crippen molar-refractivity contribution in [3.05, 3.63) is 29.6 Å². The molecule has 5 nitrogen and oxygen atoms in total. The lowest BCUT2D eigenvalue weighted by Crippen LogP contribution is -2.01. The summed E-state index contributed by atoms with van der Waals surface area (Å²) < 4.78 is 4.77. The second kappa shape index (κ2) is 5.83. The summed E-state index contributed by atoms with van der Waals surface area (Å²) in [5, 5.41) is 0.720. The highest BCUT2D eigenvalue weighted by molar-refractivity contribution is 5.96. The lowest BCUT2D eigenvalue weighted by Gasteiger charge is -1.95. The molecular weight excluding hydrogens is 244 g/mol. The number of aldehydes is 1. The Bertz CT molecular complexity index is 677. The summed E-state index contributed by atoms with van der Waals surface area (Å²) in [5.41, 5.74) is 1.83. The van der Waals surface area contributed by atoms with Crippen LogP contribution < -0.4 is 0 Å². The zero-order valence-electron chi connectivity index (χ0n) is 10.4. The molecule has 2 heterocycles. The highest BCUT2D eigenvalue weighted by Crippen LogP contribution is 2.15. The van der Waals surface area contributed by atoms with Gasteiger partial charge in [0, 0.05) is 28.9 Å². The lowest BCUT2D eigenvalue weighted by molar-refractivity contribution is -0.141. The van der Waals surface area contributed by atoms with Crippen LogP contribution in [0, 0.1) is 11.8 Å². The molecule has 2 rings (SSSR count). The van der Waals surface area contributed by atoms with E-state index in [9.17, 15) is 9.59 Å². The van der Waals surface area contributed by atoms with E-state index in [0.29, 0.717) is 23.4 Å². The molecule has 0 aliphatic heterocycles. The van der Waals surface area contributed by atoms with Gasteiger partial charge in [0.05, 0.1) is 6.61 Å². The van der Waals surface area contributed by atoms with Crippen molar-refractivity contribution in [3.63, 3.8) is 0 Å². The van der Waals surface area contributed by atoms with E-state index >= 15 is 0 Å². The Morgan fingerprint density at radius 2 is 2.42 bits per heavy atom. The monoisotopic (exact) mass is 256 g/mol. The van der Waals surface area contributed by atoms with Crippen LogP contribution >= 0.6 is 0 Å². The first-order chi connectivity index (χ1) is 9.24. The average molecular weight is 256 g/mol. The predicted octanol–water partition coefficient (Wildman–Crippen LogP) is 1.68. The van der Waals surface area contributed by atoms with Gasteiger partial charge in [-0.1, -0.05) is 11.8 Å². The molecule has 0 aliphatic rings. The van der Waals surface area contributed by atoms with Crippen molar-refractivity contribution in [2.24, 2.45) is 0 Å². The predicted molar refractivity (Wildman–Crippen MR) is 69.6 cm³/mol. The van der Waals surface area contributed by atoms with Crippen LogP contribution in [0.3, 0.4) is 0 Å². The Kier molecular flexibility index (Phi) is 3.94. The average Bonchev–Trinajstić information content (AvgIpc) is 2.81. The van der Waals surface area contributed by atoms with E-state index in [1.807, 2.05) is 0 Å². The minimum Gasteiger partial charge on any atom is -0.465 e. The molecule has 5 heteroatoms. The van der Waals surface area contributed by atoms with Crippen molar-refractivity contribution in [1.82, 2.24) is 9.97 Å². The molecule has 0 spiro atoms. The van der Waals surface area contributed by atoms with E-state index in [4.69, 9.17) is 4.74 Å². The normalized spacial score (nSPS) is 9.74. The third kappa shape index (κ3) is 2.99. The molecule has 0 aromatic carbocycles. The number of ether oxygens (including phenoxy) is 1. The summed E-state index contributed by atoms with van der Waals surface area (Å²) in [6, 6.07) is 1.76. The molecule has 0 saturated heterocycles. The number of carbonyl (C=O) groups is 2. The number of fused-ring (bicyclic) bond motifs is 1. The summed E-state index contributed by atoms with van der Waals surface area (Å²) in [4.78, 5) is 29.0. The summed E-state index contributed by atoms with van der Waals surface area (Å²) in [6.45, 7) is 2.09. The third-order valence-electron chi connectivity index (χ3n) is 2.46. The maximum atomic E-state index is 11.1. The van der Waals surface area contributed by atoms with Gasteiger partial charge in [0.2, 0.25) is 0 Å². The molecule has 0 amide bonds. The van der Waals surface area contributed by atoms with Gasteiger partial charge in [-0.05, 0) is 13.0 Å². The number of pyridine rings is 1. The first kappa shape index (κ1) is 12.8. The number of esters is 1. The van der Waals surface area contributed by atoms with Gasteiger partial charge in [0.15, 0.2) is 6.29 Å². The van der Waals surface area contributed by atoms with Crippen molar-refractivity contribution in [2.75, 3.05) is 6.61 Å². The van der Waals surface area contributed by atoms with Gasteiger partial charge in [-0.2, -0.15) is 0 Å². The molecule has 1 N–H and O–H groups in total. The maximum absolute atomic E-state index is 11.1. The Labute approximate surface area is 110 Å².